The Morgan fingerprint density at radius 2 is 1.91 bits per heavy atom. The van der Waals surface area contributed by atoms with Crippen LogP contribution < -0.4 is 5.32 Å². The molecule has 0 saturated carbocycles. The van der Waals surface area contributed by atoms with Gasteiger partial charge in [0.25, 0.3) is 0 Å². The van der Waals surface area contributed by atoms with E-state index in [1.807, 2.05) is 31.4 Å². The normalized spacial score (nSPS) is 12.8. The average Bonchev–Trinajstić information content (AvgIpc) is 3.54. The van der Waals surface area contributed by atoms with Crippen LogP contribution in [0.2, 0.25) is 0 Å². The molecule has 0 saturated heterocycles. The minimum atomic E-state index is -1.18. The van der Waals surface area contributed by atoms with Gasteiger partial charge in [-0.05, 0) is 69.4 Å². The number of hydrogen-bond donors (Lipinski definition) is 3. The molecule has 0 bridgehead atoms. The summed E-state index contributed by atoms with van der Waals surface area (Å²) in [5.41, 5.74) is 5.54. The van der Waals surface area contributed by atoms with Crippen LogP contribution in [0.1, 0.15) is 57.8 Å². The second-order valence-corrected chi connectivity index (χ2v) is 13.5. The van der Waals surface area contributed by atoms with Crippen molar-refractivity contribution in [2.75, 3.05) is 13.7 Å². The molecule has 4 aromatic rings. The number of hydrogen-bond acceptors (Lipinski definition) is 8. The Kier molecular flexibility index (Phi) is 10.1. The first-order chi connectivity index (χ1) is 20.8. The molecule has 11 heteroatoms. The number of nitrogens with zero attached hydrogens (tertiary/aromatic N) is 3. The van der Waals surface area contributed by atoms with Gasteiger partial charge in [0.15, 0.2) is 0 Å². The van der Waals surface area contributed by atoms with E-state index in [-0.39, 0.29) is 18.4 Å². The highest BCUT2D eigenvalue weighted by atomic mass is 32.1. The number of carboxylic acids is 1. The number of carboxylic acid groups (broad SMARTS) is 1. The van der Waals surface area contributed by atoms with Crippen molar-refractivity contribution in [2.24, 2.45) is 5.41 Å². The number of carbonyl (C=O) groups excluding carboxylic acids is 1. The molecule has 44 heavy (non-hydrogen) atoms. The molecule has 3 heterocycles. The molecule has 4 rings (SSSR count). The number of carbonyl (C=O) groups is 2. The number of aliphatic hydroxyl groups is 1. The minimum Gasteiger partial charge on any atom is -0.480 e. The molecule has 0 spiro atoms. The number of benzene rings is 1. The number of ether oxygens (including phenoxy) is 2. The van der Waals surface area contributed by atoms with E-state index in [2.05, 4.69) is 40.0 Å². The maximum absolute atomic E-state index is 12.2. The molecule has 1 aromatic carbocycles. The van der Waals surface area contributed by atoms with Crippen LogP contribution in [0, 0.1) is 5.41 Å². The van der Waals surface area contributed by atoms with Gasteiger partial charge in [0, 0.05) is 60.3 Å². The molecule has 0 radical (unpaired) electrons. The molecule has 236 valence electrons. The zero-order valence-corrected chi connectivity index (χ0v) is 27.2. The van der Waals surface area contributed by atoms with E-state index in [1.165, 1.54) is 11.3 Å². The summed E-state index contributed by atoms with van der Waals surface area (Å²) in [5, 5.41) is 25.9. The van der Waals surface area contributed by atoms with Crippen LogP contribution in [-0.2, 0) is 40.3 Å². The second kappa shape index (κ2) is 13.5. The van der Waals surface area contributed by atoms with E-state index < -0.39 is 23.7 Å². The van der Waals surface area contributed by atoms with Crippen molar-refractivity contribution >= 4 is 34.3 Å². The maximum Gasteiger partial charge on any atom is 0.408 e. The molecule has 0 aliphatic heterocycles. The van der Waals surface area contributed by atoms with Crippen molar-refractivity contribution in [3.8, 4) is 22.5 Å². The lowest BCUT2D eigenvalue weighted by Crippen LogP contribution is -2.44. The van der Waals surface area contributed by atoms with Crippen LogP contribution in [0.25, 0.3) is 33.4 Å². The molecule has 3 aromatic heterocycles. The summed E-state index contributed by atoms with van der Waals surface area (Å²) in [7, 11) is 1.66. The SMILES string of the molecule is CCn1c(-c2cccnc2COC)c(CC(C)(C)CO)c2cc(-c3csc(CC(NC(=O)OC(C)(C)C)C(=O)O)n3)ccc21. The topological polar surface area (TPSA) is 136 Å². The summed E-state index contributed by atoms with van der Waals surface area (Å²) in [6, 6.07) is 9.03. The summed E-state index contributed by atoms with van der Waals surface area (Å²) >= 11 is 1.34. The smallest absolute Gasteiger partial charge is 0.408 e. The number of alkyl carbamates (subject to hydrolysis) is 1. The van der Waals surface area contributed by atoms with Crippen molar-refractivity contribution in [2.45, 2.75) is 79.2 Å². The molecule has 3 N–H and O–H groups in total. The largest absolute Gasteiger partial charge is 0.480 e. The van der Waals surface area contributed by atoms with E-state index >= 15 is 0 Å². The molecule has 1 amide bonds. The Morgan fingerprint density at radius 3 is 2.55 bits per heavy atom. The van der Waals surface area contributed by atoms with Crippen LogP contribution in [0.3, 0.4) is 0 Å². The fraction of sp³-hybridized carbons (Fsp3) is 0.455. The Labute approximate surface area is 262 Å². The highest BCUT2D eigenvalue weighted by molar-refractivity contribution is 7.10. The quantitative estimate of drug-likeness (QED) is 0.173. The zero-order valence-electron chi connectivity index (χ0n) is 26.4. The van der Waals surface area contributed by atoms with Crippen LogP contribution in [-0.4, -0.2) is 62.2 Å². The molecular formula is C33H42N4O6S. The summed E-state index contributed by atoms with van der Waals surface area (Å²) in [5.74, 6) is -1.16. The zero-order chi connectivity index (χ0) is 32.2. The van der Waals surface area contributed by atoms with Crippen molar-refractivity contribution in [3.63, 3.8) is 0 Å². The molecule has 0 aliphatic rings. The molecule has 0 fully saturated rings. The van der Waals surface area contributed by atoms with E-state index in [0.717, 1.165) is 45.5 Å². The highest BCUT2D eigenvalue weighted by Crippen LogP contribution is 2.40. The first-order valence-corrected chi connectivity index (χ1v) is 15.5. The number of methoxy groups -OCH3 is 1. The van der Waals surface area contributed by atoms with Gasteiger partial charge < -0.3 is 29.6 Å². The first kappa shape index (κ1) is 33.1. The van der Waals surface area contributed by atoms with E-state index in [1.54, 1.807) is 34.1 Å². The molecule has 10 nitrogen and oxygen atoms in total. The van der Waals surface area contributed by atoms with Crippen LogP contribution >= 0.6 is 11.3 Å². The van der Waals surface area contributed by atoms with Gasteiger partial charge in [-0.2, -0.15) is 0 Å². The molecule has 1 atom stereocenters. The van der Waals surface area contributed by atoms with Gasteiger partial charge in [0.1, 0.15) is 11.6 Å². The number of aliphatic hydroxyl groups excluding tert-OH is 1. The molecular weight excluding hydrogens is 580 g/mol. The van der Waals surface area contributed by atoms with Crippen LogP contribution in [0.5, 0.6) is 0 Å². The third-order valence-electron chi connectivity index (χ3n) is 7.21. The number of aromatic nitrogens is 3. The van der Waals surface area contributed by atoms with Crippen molar-refractivity contribution in [3.05, 3.63) is 58.2 Å². The lowest BCUT2D eigenvalue weighted by atomic mass is 9.84. The van der Waals surface area contributed by atoms with Crippen LogP contribution in [0.4, 0.5) is 4.79 Å². The predicted octanol–water partition coefficient (Wildman–Crippen LogP) is 6.07. The third kappa shape index (κ3) is 7.64. The summed E-state index contributed by atoms with van der Waals surface area (Å²) in [4.78, 5) is 33.5. The average molecular weight is 623 g/mol. The number of rotatable bonds is 12. The van der Waals surface area contributed by atoms with Crippen molar-refractivity contribution in [1.82, 2.24) is 19.9 Å². The lowest BCUT2D eigenvalue weighted by molar-refractivity contribution is -0.139. The third-order valence-corrected chi connectivity index (χ3v) is 8.08. The number of thiazole rings is 1. The van der Waals surface area contributed by atoms with Gasteiger partial charge in [0.05, 0.1) is 28.7 Å². The van der Waals surface area contributed by atoms with Gasteiger partial charge in [-0.25, -0.2) is 14.6 Å². The van der Waals surface area contributed by atoms with Gasteiger partial charge in [-0.1, -0.05) is 19.9 Å². The lowest BCUT2D eigenvalue weighted by Gasteiger charge is -2.23. The molecule has 1 unspecified atom stereocenters. The van der Waals surface area contributed by atoms with E-state index in [4.69, 9.17) is 14.5 Å². The number of aliphatic carboxylic acids is 1. The van der Waals surface area contributed by atoms with Gasteiger partial charge in [0.2, 0.25) is 0 Å². The van der Waals surface area contributed by atoms with E-state index in [0.29, 0.717) is 23.7 Å². The van der Waals surface area contributed by atoms with Gasteiger partial charge in [-0.15, -0.1) is 11.3 Å². The second-order valence-electron chi connectivity index (χ2n) is 12.6. The number of nitrogens with one attached hydrogen (secondary N) is 1. The monoisotopic (exact) mass is 622 g/mol. The highest BCUT2D eigenvalue weighted by Gasteiger charge is 2.28. The summed E-state index contributed by atoms with van der Waals surface area (Å²) in [6.07, 6.45) is 1.64. The Hall–Kier alpha value is -3.80. The van der Waals surface area contributed by atoms with Gasteiger partial charge in [-0.3, -0.25) is 4.98 Å². The Balaban J connectivity index is 1.77. The Bertz CT molecular complexity index is 1630. The fourth-order valence-corrected chi connectivity index (χ4v) is 6.05. The standard InChI is InChI=1S/C33H42N4O6S/c1-8-37-27-12-11-20(26-18-44-28(35-26)15-24(30(39)40)36-31(41)43-32(2,3)4)14-22(27)23(16-33(5,6)19-38)29(37)21-10-9-13-34-25(21)17-42-7/h9-14,18,24,38H,8,15-17,19H2,1-7H3,(H,36,41)(H,39,40). The van der Waals surface area contributed by atoms with Crippen LogP contribution in [0.15, 0.2) is 41.9 Å². The Morgan fingerprint density at radius 1 is 1.16 bits per heavy atom. The summed E-state index contributed by atoms with van der Waals surface area (Å²) in [6.45, 7) is 12.5. The number of fused-ring (bicyclic) bond motifs is 1. The molecule has 0 aliphatic carbocycles. The van der Waals surface area contributed by atoms with Crippen molar-refractivity contribution in [1.29, 1.82) is 0 Å². The van der Waals surface area contributed by atoms with Gasteiger partial charge >= 0.3 is 12.1 Å². The number of amides is 1. The number of pyridine rings is 1. The number of aryl methyl sites for hydroxylation is 1. The van der Waals surface area contributed by atoms with Crippen molar-refractivity contribution < 1.29 is 29.3 Å². The predicted molar refractivity (Wildman–Crippen MR) is 172 cm³/mol. The summed E-state index contributed by atoms with van der Waals surface area (Å²) < 4.78 is 13.0. The minimum absolute atomic E-state index is 0.0249. The maximum atomic E-state index is 12.2. The van der Waals surface area contributed by atoms with E-state index in [9.17, 15) is 19.8 Å². The fourth-order valence-electron chi connectivity index (χ4n) is 5.20. The first-order valence-electron chi connectivity index (χ1n) is 14.6.